The Labute approximate surface area is 210 Å². The first-order valence-electron chi connectivity index (χ1n) is 10.6. The highest BCUT2D eigenvalue weighted by Crippen LogP contribution is 2.44. The molecular formula is C25H24Cl2N2O4S. The van der Waals surface area contributed by atoms with E-state index >= 15 is 0 Å². The highest BCUT2D eigenvalue weighted by Gasteiger charge is 2.20. The van der Waals surface area contributed by atoms with Crippen LogP contribution in [-0.2, 0) is 11.2 Å². The lowest BCUT2D eigenvalue weighted by Gasteiger charge is -2.19. The third-order valence-electron chi connectivity index (χ3n) is 5.25. The van der Waals surface area contributed by atoms with Crippen molar-refractivity contribution in [2.75, 3.05) is 13.7 Å². The van der Waals surface area contributed by atoms with Crippen LogP contribution in [0.2, 0.25) is 10.0 Å². The number of aromatic amines is 1. The number of hydrogen-bond acceptors (Lipinski definition) is 5. The number of aromatic nitrogens is 1. The van der Waals surface area contributed by atoms with Crippen molar-refractivity contribution in [1.82, 2.24) is 10.3 Å². The molecule has 0 bridgehead atoms. The zero-order valence-corrected chi connectivity index (χ0v) is 21.5. The fraction of sp³-hybridized carbons (Fsp3) is 0.280. The summed E-state index contributed by atoms with van der Waals surface area (Å²) in [7, 11) is 1.58. The lowest BCUT2D eigenvalue weighted by Crippen LogP contribution is -2.33. The topological polar surface area (TPSA) is 80.4 Å². The van der Waals surface area contributed by atoms with Crippen molar-refractivity contribution in [3.05, 3.63) is 61.7 Å². The van der Waals surface area contributed by atoms with Crippen LogP contribution in [0.4, 0.5) is 4.79 Å². The Hall–Kier alpha value is -2.74. The van der Waals surface area contributed by atoms with Crippen molar-refractivity contribution in [1.29, 1.82) is 0 Å². The van der Waals surface area contributed by atoms with Gasteiger partial charge in [0.25, 0.3) is 5.56 Å². The molecule has 34 heavy (non-hydrogen) atoms. The lowest BCUT2D eigenvalue weighted by molar-refractivity contribution is 0.0528. The average molecular weight is 519 g/mol. The third kappa shape index (κ3) is 4.87. The van der Waals surface area contributed by atoms with Crippen LogP contribution < -0.4 is 15.6 Å². The van der Waals surface area contributed by atoms with Crippen molar-refractivity contribution >= 4 is 61.6 Å². The van der Waals surface area contributed by atoms with E-state index in [1.165, 1.54) is 11.3 Å². The summed E-state index contributed by atoms with van der Waals surface area (Å²) < 4.78 is 11.6. The molecule has 2 aromatic carbocycles. The molecule has 2 N–H and O–H groups in total. The molecule has 0 fully saturated rings. The van der Waals surface area contributed by atoms with Crippen LogP contribution in [0, 0.1) is 0 Å². The Kier molecular flexibility index (Phi) is 6.80. The molecule has 0 unspecified atom stereocenters. The minimum Gasteiger partial charge on any atom is -0.496 e. The van der Waals surface area contributed by atoms with Gasteiger partial charge >= 0.3 is 6.09 Å². The minimum atomic E-state index is -0.554. The van der Waals surface area contributed by atoms with Crippen molar-refractivity contribution < 1.29 is 14.3 Å². The number of carbonyl (C=O) groups is 1. The number of alkyl carbamates (subject to hydrolysis) is 1. The zero-order chi connectivity index (χ0) is 24.6. The van der Waals surface area contributed by atoms with Gasteiger partial charge in [-0.05, 0) is 55.8 Å². The van der Waals surface area contributed by atoms with E-state index in [9.17, 15) is 9.59 Å². The maximum absolute atomic E-state index is 12.5. The number of ether oxygens (including phenoxy) is 2. The Morgan fingerprint density at radius 3 is 2.59 bits per heavy atom. The highest BCUT2D eigenvalue weighted by atomic mass is 35.5. The van der Waals surface area contributed by atoms with Gasteiger partial charge < -0.3 is 19.8 Å². The summed E-state index contributed by atoms with van der Waals surface area (Å²) in [6.45, 7) is 5.83. The Morgan fingerprint density at radius 2 is 1.91 bits per heavy atom. The largest absolute Gasteiger partial charge is 0.496 e. The Balaban J connectivity index is 1.72. The number of nitrogens with one attached hydrogen (secondary N) is 2. The van der Waals surface area contributed by atoms with E-state index in [1.54, 1.807) is 13.2 Å². The molecule has 178 valence electrons. The predicted octanol–water partition coefficient (Wildman–Crippen LogP) is 6.79. The van der Waals surface area contributed by atoms with Gasteiger partial charge in [-0.3, -0.25) is 4.79 Å². The molecule has 9 heteroatoms. The quantitative estimate of drug-likeness (QED) is 0.304. The molecule has 0 atom stereocenters. The van der Waals surface area contributed by atoms with Gasteiger partial charge in [0, 0.05) is 34.0 Å². The summed E-state index contributed by atoms with van der Waals surface area (Å²) in [4.78, 5) is 27.3. The molecular weight excluding hydrogens is 495 g/mol. The van der Waals surface area contributed by atoms with E-state index < -0.39 is 11.7 Å². The molecule has 0 saturated carbocycles. The van der Waals surface area contributed by atoms with E-state index in [0.29, 0.717) is 39.0 Å². The summed E-state index contributed by atoms with van der Waals surface area (Å²) in [5.74, 6) is 0.576. The maximum atomic E-state index is 12.5. The Bertz CT molecular complexity index is 1450. The summed E-state index contributed by atoms with van der Waals surface area (Å²) in [6, 6.07) is 9.34. The molecule has 0 aliphatic carbocycles. The number of fused-ring (bicyclic) bond motifs is 3. The second kappa shape index (κ2) is 9.49. The molecule has 0 aliphatic heterocycles. The molecule has 0 aliphatic rings. The van der Waals surface area contributed by atoms with Gasteiger partial charge in [0.2, 0.25) is 0 Å². The molecule has 2 aromatic heterocycles. The van der Waals surface area contributed by atoms with Gasteiger partial charge in [-0.2, -0.15) is 0 Å². The van der Waals surface area contributed by atoms with E-state index in [4.69, 9.17) is 32.7 Å². The first-order valence-corrected chi connectivity index (χ1v) is 12.3. The standard InChI is InChI=1S/C25H24Cl2N2O4S/c1-25(2,3)33-24(31)28-9-7-13-5-6-14(11-16(13)26)19-18(32-4)12-17(27)21-20(19)15-8-10-34-22(15)23(30)29-21/h5-6,8,10-12H,7,9H2,1-4H3,(H,28,31)(H,29,30). The van der Waals surface area contributed by atoms with Crippen molar-refractivity contribution in [3.8, 4) is 16.9 Å². The molecule has 4 rings (SSSR count). The second-order valence-corrected chi connectivity index (χ2v) is 10.5. The molecule has 0 radical (unpaired) electrons. The summed E-state index contributed by atoms with van der Waals surface area (Å²) in [6.07, 6.45) is 0.0743. The lowest BCUT2D eigenvalue weighted by atomic mass is 9.96. The molecule has 0 saturated heterocycles. The summed E-state index contributed by atoms with van der Waals surface area (Å²) in [5, 5.41) is 7.19. The third-order valence-corrected chi connectivity index (χ3v) is 6.81. The van der Waals surface area contributed by atoms with Crippen LogP contribution in [0.1, 0.15) is 26.3 Å². The van der Waals surface area contributed by atoms with E-state index in [-0.39, 0.29) is 5.56 Å². The smallest absolute Gasteiger partial charge is 0.407 e. The average Bonchev–Trinajstić information content (AvgIpc) is 3.25. The number of hydrogen-bond donors (Lipinski definition) is 2. The van der Waals surface area contributed by atoms with Crippen LogP contribution >= 0.6 is 34.5 Å². The maximum Gasteiger partial charge on any atom is 0.407 e. The van der Waals surface area contributed by atoms with E-state index in [1.807, 2.05) is 50.4 Å². The number of methoxy groups -OCH3 is 1. The number of halogens is 2. The van der Waals surface area contributed by atoms with Crippen molar-refractivity contribution in [3.63, 3.8) is 0 Å². The minimum absolute atomic E-state index is 0.179. The first kappa shape index (κ1) is 24.4. The van der Waals surface area contributed by atoms with E-state index in [2.05, 4.69) is 10.3 Å². The number of rotatable bonds is 5. The van der Waals surface area contributed by atoms with Crippen LogP contribution in [0.25, 0.3) is 32.1 Å². The van der Waals surface area contributed by atoms with Crippen LogP contribution in [0.5, 0.6) is 5.75 Å². The van der Waals surface area contributed by atoms with Gasteiger partial charge in [-0.25, -0.2) is 4.79 Å². The van der Waals surface area contributed by atoms with Crippen molar-refractivity contribution in [2.24, 2.45) is 0 Å². The predicted molar refractivity (Wildman–Crippen MR) is 140 cm³/mol. The molecule has 2 heterocycles. The summed E-state index contributed by atoms with van der Waals surface area (Å²) in [5.41, 5.74) is 2.32. The number of carbonyl (C=O) groups excluding carboxylic acids is 1. The van der Waals surface area contributed by atoms with Crippen LogP contribution in [0.3, 0.4) is 0 Å². The second-order valence-electron chi connectivity index (χ2n) is 8.79. The molecule has 6 nitrogen and oxygen atoms in total. The van der Waals surface area contributed by atoms with Gasteiger partial charge in [-0.15, -0.1) is 11.3 Å². The number of benzene rings is 2. The number of H-pyrrole nitrogens is 1. The number of amides is 1. The fourth-order valence-electron chi connectivity index (χ4n) is 3.84. The van der Waals surface area contributed by atoms with Gasteiger partial charge in [0.15, 0.2) is 0 Å². The first-order chi connectivity index (χ1) is 16.1. The van der Waals surface area contributed by atoms with Gasteiger partial charge in [0.1, 0.15) is 16.1 Å². The molecule has 1 amide bonds. The zero-order valence-electron chi connectivity index (χ0n) is 19.2. The SMILES string of the molecule is COc1cc(Cl)c2[nH]c(=O)c3sccc3c2c1-c1ccc(CCNC(=O)OC(C)(C)C)c(Cl)c1. The van der Waals surface area contributed by atoms with E-state index in [0.717, 1.165) is 27.5 Å². The van der Waals surface area contributed by atoms with Crippen molar-refractivity contribution in [2.45, 2.75) is 32.8 Å². The Morgan fingerprint density at radius 1 is 1.15 bits per heavy atom. The molecule has 4 aromatic rings. The monoisotopic (exact) mass is 518 g/mol. The molecule has 0 spiro atoms. The number of thiophene rings is 1. The highest BCUT2D eigenvalue weighted by molar-refractivity contribution is 7.17. The normalized spacial score (nSPS) is 11.7. The van der Waals surface area contributed by atoms with Gasteiger partial charge in [-0.1, -0.05) is 35.3 Å². The fourth-order valence-corrected chi connectivity index (χ4v) is 5.15. The summed E-state index contributed by atoms with van der Waals surface area (Å²) >= 11 is 14.5. The number of pyridine rings is 1. The van der Waals surface area contributed by atoms with Crippen LogP contribution in [0.15, 0.2) is 40.5 Å². The van der Waals surface area contributed by atoms with Crippen LogP contribution in [-0.4, -0.2) is 30.3 Å². The van der Waals surface area contributed by atoms with Gasteiger partial charge in [0.05, 0.1) is 17.6 Å².